The first-order valence-corrected chi connectivity index (χ1v) is 14.5. The van der Waals surface area contributed by atoms with Gasteiger partial charge in [0.25, 0.3) is 11.8 Å². The Labute approximate surface area is 249 Å². The molecule has 4 aromatic carbocycles. The van der Waals surface area contributed by atoms with E-state index in [0.29, 0.717) is 24.1 Å². The molecule has 4 aromatic rings. The average molecular weight is 564 g/mol. The first kappa shape index (κ1) is 30.5. The van der Waals surface area contributed by atoms with Crippen LogP contribution in [0, 0.1) is 0 Å². The molecule has 4 rings (SSSR count). The zero-order valence-corrected chi connectivity index (χ0v) is 24.9. The van der Waals surface area contributed by atoms with Crippen LogP contribution in [0.1, 0.15) is 70.6 Å². The van der Waals surface area contributed by atoms with Crippen LogP contribution in [0.5, 0.6) is 5.75 Å². The van der Waals surface area contributed by atoms with Crippen LogP contribution in [-0.2, 0) is 12.0 Å². The number of carbonyl (C=O) groups excluding carboxylic acids is 2. The number of rotatable bonds is 13. The van der Waals surface area contributed by atoms with Crippen molar-refractivity contribution in [3.63, 3.8) is 0 Å². The number of hydrogen-bond acceptors (Lipinski definition) is 4. The fraction of sp³-hybridized carbons (Fsp3) is 0.278. The summed E-state index contributed by atoms with van der Waals surface area (Å²) in [6, 6.07) is 34.7. The number of carbonyl (C=O) groups is 2. The van der Waals surface area contributed by atoms with Gasteiger partial charge in [-0.2, -0.15) is 0 Å². The molecule has 0 saturated carbocycles. The Bertz CT molecular complexity index is 1450. The summed E-state index contributed by atoms with van der Waals surface area (Å²) in [6.07, 6.45) is 1.42. The van der Waals surface area contributed by atoms with Crippen LogP contribution < -0.4 is 20.7 Å². The van der Waals surface area contributed by atoms with E-state index in [9.17, 15) is 9.59 Å². The molecule has 0 spiro atoms. The molecule has 6 heteroatoms. The van der Waals surface area contributed by atoms with E-state index < -0.39 is 0 Å². The van der Waals surface area contributed by atoms with Crippen molar-refractivity contribution in [2.75, 3.05) is 13.7 Å². The molecular formula is C36H41N3O3. The van der Waals surface area contributed by atoms with E-state index in [-0.39, 0.29) is 29.4 Å². The lowest BCUT2D eigenvalue weighted by atomic mass is 9.93. The number of hydrogen-bond donors (Lipinski definition) is 3. The normalized spacial score (nSPS) is 12.7. The predicted octanol–water partition coefficient (Wildman–Crippen LogP) is 6.44. The lowest BCUT2D eigenvalue weighted by Crippen LogP contribution is -2.42. The monoisotopic (exact) mass is 563 g/mol. The van der Waals surface area contributed by atoms with E-state index in [0.717, 1.165) is 28.9 Å². The van der Waals surface area contributed by atoms with Gasteiger partial charge < -0.3 is 20.7 Å². The highest BCUT2D eigenvalue weighted by molar-refractivity contribution is 5.99. The maximum absolute atomic E-state index is 13.4. The second-order valence-electron chi connectivity index (χ2n) is 11.1. The van der Waals surface area contributed by atoms with Crippen LogP contribution in [0.15, 0.2) is 109 Å². The minimum atomic E-state index is -0.283. The molecule has 0 fully saturated rings. The molecule has 0 unspecified atom stereocenters. The largest absolute Gasteiger partial charge is 0.497 e. The van der Waals surface area contributed by atoms with E-state index in [1.807, 2.05) is 73.7 Å². The third kappa shape index (κ3) is 8.54. The Hall–Kier alpha value is -4.42. The van der Waals surface area contributed by atoms with Gasteiger partial charge in [0.1, 0.15) is 5.75 Å². The summed E-state index contributed by atoms with van der Waals surface area (Å²) < 4.78 is 5.41. The third-order valence-corrected chi connectivity index (χ3v) is 7.55. The summed E-state index contributed by atoms with van der Waals surface area (Å²) in [5.74, 6) is 0.404. The molecule has 0 aliphatic rings. The number of benzene rings is 4. The Morgan fingerprint density at radius 1 is 0.762 bits per heavy atom. The average Bonchev–Trinajstić information content (AvgIpc) is 3.02. The van der Waals surface area contributed by atoms with Crippen molar-refractivity contribution in [1.82, 2.24) is 16.0 Å². The Morgan fingerprint density at radius 3 is 2.05 bits per heavy atom. The highest BCUT2D eigenvalue weighted by Crippen LogP contribution is 2.24. The summed E-state index contributed by atoms with van der Waals surface area (Å²) in [5, 5.41) is 9.91. The molecule has 0 radical (unpaired) electrons. The van der Waals surface area contributed by atoms with Crippen molar-refractivity contribution in [1.29, 1.82) is 0 Å². The quantitative estimate of drug-likeness (QED) is 0.175. The standard InChI is InChI=1S/C36H41N3O3/c1-26(28-15-9-6-10-16-28)38-34(40)29-17-11-18-30(24-29)35(41)39-32(23-27-13-7-5-8-14-27)21-22-37-36(2,3)31-19-12-20-33(25-31)42-4/h5-20,24-26,32,37H,21-23H2,1-4H3,(H,38,40)(H,39,41)/t26-,32-/m1/s1. The van der Waals surface area contributed by atoms with Crippen molar-refractivity contribution >= 4 is 11.8 Å². The van der Waals surface area contributed by atoms with Crippen LogP contribution in [-0.4, -0.2) is 31.5 Å². The molecule has 218 valence electrons. The summed E-state index contributed by atoms with van der Waals surface area (Å²) in [7, 11) is 1.67. The summed E-state index contributed by atoms with van der Waals surface area (Å²) in [4.78, 5) is 26.4. The molecule has 3 N–H and O–H groups in total. The first-order chi connectivity index (χ1) is 20.2. The van der Waals surface area contributed by atoms with Gasteiger partial charge in [0.15, 0.2) is 0 Å². The fourth-order valence-electron chi connectivity index (χ4n) is 4.97. The molecule has 0 saturated heterocycles. The molecule has 6 nitrogen and oxygen atoms in total. The topological polar surface area (TPSA) is 79.5 Å². The lowest BCUT2D eigenvalue weighted by Gasteiger charge is -2.29. The first-order valence-electron chi connectivity index (χ1n) is 14.5. The molecule has 0 aliphatic carbocycles. The smallest absolute Gasteiger partial charge is 0.251 e. The van der Waals surface area contributed by atoms with Gasteiger partial charge in [0, 0.05) is 22.7 Å². The van der Waals surface area contributed by atoms with Gasteiger partial charge in [-0.1, -0.05) is 78.9 Å². The summed E-state index contributed by atoms with van der Waals surface area (Å²) >= 11 is 0. The Balaban J connectivity index is 1.42. The van der Waals surface area contributed by atoms with Crippen LogP contribution in [0.2, 0.25) is 0 Å². The van der Waals surface area contributed by atoms with Gasteiger partial charge in [0.05, 0.1) is 13.2 Å². The molecule has 42 heavy (non-hydrogen) atoms. The van der Waals surface area contributed by atoms with Gasteiger partial charge in [-0.15, -0.1) is 0 Å². The zero-order chi connectivity index (χ0) is 30.0. The van der Waals surface area contributed by atoms with Crippen molar-refractivity contribution in [2.24, 2.45) is 0 Å². The molecule has 2 amide bonds. The van der Waals surface area contributed by atoms with Crippen LogP contribution in [0.25, 0.3) is 0 Å². The molecule has 2 atom stereocenters. The van der Waals surface area contributed by atoms with Gasteiger partial charge >= 0.3 is 0 Å². The van der Waals surface area contributed by atoms with Crippen LogP contribution >= 0.6 is 0 Å². The second kappa shape index (κ2) is 14.5. The SMILES string of the molecule is COc1cccc(C(C)(C)NCC[C@H](Cc2ccccc2)NC(=O)c2cccc(C(=O)N[C@H](C)c3ccccc3)c2)c1. The van der Waals surface area contributed by atoms with Crippen LogP contribution in [0.3, 0.4) is 0 Å². The Kier molecular flexibility index (Phi) is 10.5. The minimum Gasteiger partial charge on any atom is -0.497 e. The van der Waals surface area contributed by atoms with Crippen molar-refractivity contribution in [2.45, 2.75) is 51.2 Å². The predicted molar refractivity (Wildman–Crippen MR) is 169 cm³/mol. The van der Waals surface area contributed by atoms with Gasteiger partial charge in [0.2, 0.25) is 0 Å². The zero-order valence-electron chi connectivity index (χ0n) is 24.9. The number of ether oxygens (including phenoxy) is 1. The van der Waals surface area contributed by atoms with E-state index >= 15 is 0 Å². The molecule has 0 aliphatic heterocycles. The van der Waals surface area contributed by atoms with Crippen LogP contribution in [0.4, 0.5) is 0 Å². The van der Waals surface area contributed by atoms with E-state index in [4.69, 9.17) is 4.74 Å². The number of methoxy groups -OCH3 is 1. The number of nitrogens with one attached hydrogen (secondary N) is 3. The van der Waals surface area contributed by atoms with Crippen molar-refractivity contribution in [3.05, 3.63) is 137 Å². The lowest BCUT2D eigenvalue weighted by molar-refractivity contribution is 0.0934. The number of amides is 2. The minimum absolute atomic E-state index is 0.107. The molecule has 0 aromatic heterocycles. The van der Waals surface area contributed by atoms with Crippen molar-refractivity contribution in [3.8, 4) is 5.75 Å². The maximum Gasteiger partial charge on any atom is 0.251 e. The molecule has 0 bridgehead atoms. The van der Waals surface area contributed by atoms with Gasteiger partial charge in [-0.05, 0) is 87.2 Å². The summed E-state index contributed by atoms with van der Waals surface area (Å²) in [5.41, 5.74) is 3.92. The van der Waals surface area contributed by atoms with Gasteiger partial charge in [-0.3, -0.25) is 9.59 Å². The Morgan fingerprint density at radius 2 is 1.38 bits per heavy atom. The van der Waals surface area contributed by atoms with Crippen molar-refractivity contribution < 1.29 is 14.3 Å². The van der Waals surface area contributed by atoms with E-state index in [1.165, 1.54) is 0 Å². The van der Waals surface area contributed by atoms with Gasteiger partial charge in [-0.25, -0.2) is 0 Å². The molecule has 0 heterocycles. The van der Waals surface area contributed by atoms with E-state index in [1.54, 1.807) is 31.4 Å². The highest BCUT2D eigenvalue weighted by Gasteiger charge is 2.22. The fourth-order valence-corrected chi connectivity index (χ4v) is 4.97. The summed E-state index contributed by atoms with van der Waals surface area (Å²) in [6.45, 7) is 6.92. The maximum atomic E-state index is 13.4. The third-order valence-electron chi connectivity index (χ3n) is 7.55. The second-order valence-corrected chi connectivity index (χ2v) is 11.1. The van der Waals surface area contributed by atoms with E-state index in [2.05, 4.69) is 48.0 Å². The highest BCUT2D eigenvalue weighted by atomic mass is 16.5. The molecular weight excluding hydrogens is 522 g/mol.